The predicted molar refractivity (Wildman–Crippen MR) is 146 cm³/mol. The summed E-state index contributed by atoms with van der Waals surface area (Å²) < 4.78 is 2.05. The first kappa shape index (κ1) is 24.9. The van der Waals surface area contributed by atoms with Gasteiger partial charge in [0.15, 0.2) is 0 Å². The largest absolute Gasteiger partial charge is 0.368 e. The number of nitrogens with zero attached hydrogens (tertiary/aromatic N) is 6. The monoisotopic (exact) mass is 526 g/mol. The fourth-order valence-corrected chi connectivity index (χ4v) is 5.52. The molecule has 0 saturated carbocycles. The van der Waals surface area contributed by atoms with Crippen molar-refractivity contribution in [1.82, 2.24) is 19.4 Å². The van der Waals surface area contributed by atoms with E-state index in [0.29, 0.717) is 18.1 Å². The zero-order valence-corrected chi connectivity index (χ0v) is 22.3. The van der Waals surface area contributed by atoms with Crippen LogP contribution in [-0.2, 0) is 13.6 Å². The van der Waals surface area contributed by atoms with E-state index in [4.69, 9.17) is 23.2 Å². The summed E-state index contributed by atoms with van der Waals surface area (Å²) in [6.07, 6.45) is 1.79. The normalized spacial score (nSPS) is 17.1. The molecule has 2 saturated heterocycles. The van der Waals surface area contributed by atoms with Crippen molar-refractivity contribution in [2.75, 3.05) is 62.2 Å². The molecule has 36 heavy (non-hydrogen) atoms. The first-order valence-corrected chi connectivity index (χ1v) is 13.2. The summed E-state index contributed by atoms with van der Waals surface area (Å²) in [7, 11) is 2.00. The zero-order chi connectivity index (χ0) is 25.2. The van der Waals surface area contributed by atoms with Gasteiger partial charge < -0.3 is 19.3 Å². The molecule has 3 aromatic rings. The first-order valence-electron chi connectivity index (χ1n) is 12.4. The van der Waals surface area contributed by atoms with E-state index in [9.17, 15) is 4.79 Å². The highest BCUT2D eigenvalue weighted by Crippen LogP contribution is 2.25. The van der Waals surface area contributed by atoms with E-state index < -0.39 is 0 Å². The van der Waals surface area contributed by atoms with Crippen LogP contribution in [0.4, 0.5) is 11.5 Å². The van der Waals surface area contributed by atoms with E-state index in [1.54, 1.807) is 6.20 Å². The number of piperazine rings is 2. The lowest BCUT2D eigenvalue weighted by Gasteiger charge is -2.36. The second-order valence-electron chi connectivity index (χ2n) is 9.53. The molecule has 0 bridgehead atoms. The van der Waals surface area contributed by atoms with Gasteiger partial charge in [-0.3, -0.25) is 9.69 Å². The molecular formula is C27H32Cl2N6O. The van der Waals surface area contributed by atoms with Crippen molar-refractivity contribution in [2.24, 2.45) is 7.05 Å². The summed E-state index contributed by atoms with van der Waals surface area (Å²) in [5, 5.41) is 1.43. The number of carbonyl (C=O) groups is 1. The van der Waals surface area contributed by atoms with E-state index in [0.717, 1.165) is 73.7 Å². The van der Waals surface area contributed by atoms with Crippen molar-refractivity contribution in [3.05, 3.63) is 75.7 Å². The Bertz CT molecular complexity index is 1230. The molecule has 2 fully saturated rings. The Labute approximate surface area is 222 Å². The quantitative estimate of drug-likeness (QED) is 0.495. The van der Waals surface area contributed by atoms with Crippen molar-refractivity contribution in [3.8, 4) is 0 Å². The van der Waals surface area contributed by atoms with E-state index in [-0.39, 0.29) is 5.91 Å². The molecule has 0 spiro atoms. The highest BCUT2D eigenvalue weighted by atomic mass is 35.5. The van der Waals surface area contributed by atoms with Crippen LogP contribution in [-0.4, -0.2) is 77.6 Å². The van der Waals surface area contributed by atoms with Crippen LogP contribution in [0.1, 0.15) is 21.7 Å². The maximum atomic E-state index is 13.4. The second kappa shape index (κ2) is 10.7. The minimum Gasteiger partial charge on any atom is -0.368 e. The average Bonchev–Trinajstić information content (AvgIpc) is 3.18. The molecule has 0 unspecified atom stereocenters. The molecule has 4 heterocycles. The molecule has 5 rings (SSSR count). The van der Waals surface area contributed by atoms with Crippen molar-refractivity contribution >= 4 is 40.6 Å². The Kier molecular flexibility index (Phi) is 7.42. The summed E-state index contributed by atoms with van der Waals surface area (Å²) in [4.78, 5) is 26.8. The van der Waals surface area contributed by atoms with Crippen LogP contribution >= 0.6 is 23.2 Å². The molecule has 2 aromatic heterocycles. The summed E-state index contributed by atoms with van der Waals surface area (Å²) in [6.45, 7) is 9.54. The molecule has 0 radical (unpaired) electrons. The number of benzene rings is 1. The number of halogens is 2. The zero-order valence-electron chi connectivity index (χ0n) is 20.8. The van der Waals surface area contributed by atoms with Gasteiger partial charge in [0.05, 0.1) is 5.02 Å². The van der Waals surface area contributed by atoms with Crippen LogP contribution < -0.4 is 9.80 Å². The number of rotatable bonds is 5. The number of hydrogen-bond donors (Lipinski definition) is 0. The van der Waals surface area contributed by atoms with Gasteiger partial charge in [0.2, 0.25) is 0 Å². The number of anilines is 2. The van der Waals surface area contributed by atoms with Crippen molar-refractivity contribution < 1.29 is 4.79 Å². The van der Waals surface area contributed by atoms with Crippen LogP contribution in [0.5, 0.6) is 0 Å². The molecule has 190 valence electrons. The van der Waals surface area contributed by atoms with E-state index in [1.165, 1.54) is 5.56 Å². The number of hydrogen-bond acceptors (Lipinski definition) is 5. The van der Waals surface area contributed by atoms with Crippen LogP contribution in [0.2, 0.25) is 10.0 Å². The summed E-state index contributed by atoms with van der Waals surface area (Å²) in [5.41, 5.74) is 4.23. The van der Waals surface area contributed by atoms with Crippen LogP contribution in [0.15, 0.2) is 48.7 Å². The third-order valence-electron chi connectivity index (χ3n) is 7.40. The number of carbonyl (C=O) groups excluding carboxylic acids is 1. The molecule has 1 aromatic carbocycles. The molecule has 9 heteroatoms. The van der Waals surface area contributed by atoms with Gasteiger partial charge in [0.25, 0.3) is 5.91 Å². The number of aromatic nitrogens is 2. The van der Waals surface area contributed by atoms with Gasteiger partial charge in [0, 0.05) is 88.6 Å². The van der Waals surface area contributed by atoms with E-state index in [1.807, 2.05) is 46.8 Å². The SMILES string of the molecule is Cc1c(CN2CCN(c3ncccc3Cl)CC2)cc(C(=O)N2CCN(c3cccc(Cl)c3)CC2)n1C. The minimum atomic E-state index is 0.104. The van der Waals surface area contributed by atoms with Crippen LogP contribution in [0, 0.1) is 6.92 Å². The maximum absolute atomic E-state index is 13.4. The molecule has 2 aliphatic heterocycles. The molecule has 2 aliphatic rings. The third-order valence-corrected chi connectivity index (χ3v) is 7.93. The number of pyridine rings is 1. The standard InChI is InChI=1S/C27H32Cl2N6O/c1-20-21(19-32-9-11-34(12-10-32)26-24(29)7-4-8-30-26)17-25(31(20)2)27(36)35-15-13-33(14-16-35)23-6-3-5-22(28)18-23/h3-8,17-18H,9-16,19H2,1-2H3. The van der Waals surface area contributed by atoms with E-state index in [2.05, 4.69) is 38.7 Å². The first-order chi connectivity index (χ1) is 17.4. The highest BCUT2D eigenvalue weighted by Gasteiger charge is 2.27. The van der Waals surface area contributed by atoms with Gasteiger partial charge in [-0.1, -0.05) is 29.3 Å². The lowest BCUT2D eigenvalue weighted by atomic mass is 10.2. The Hall–Kier alpha value is -2.74. The van der Waals surface area contributed by atoms with Gasteiger partial charge in [-0.15, -0.1) is 0 Å². The number of amides is 1. The predicted octanol–water partition coefficient (Wildman–Crippen LogP) is 4.32. The summed E-state index contributed by atoms with van der Waals surface area (Å²) >= 11 is 12.5. The Morgan fingerprint density at radius 2 is 1.64 bits per heavy atom. The Morgan fingerprint density at radius 1 is 0.917 bits per heavy atom. The van der Waals surface area contributed by atoms with Gasteiger partial charge in [-0.25, -0.2) is 4.98 Å². The van der Waals surface area contributed by atoms with Gasteiger partial charge >= 0.3 is 0 Å². The van der Waals surface area contributed by atoms with Crippen LogP contribution in [0.25, 0.3) is 0 Å². The summed E-state index contributed by atoms with van der Waals surface area (Å²) in [5.74, 6) is 0.963. The molecule has 0 aliphatic carbocycles. The van der Waals surface area contributed by atoms with Crippen molar-refractivity contribution in [1.29, 1.82) is 0 Å². The van der Waals surface area contributed by atoms with Gasteiger partial charge in [-0.05, 0) is 48.9 Å². The minimum absolute atomic E-state index is 0.104. The molecule has 0 N–H and O–H groups in total. The molecule has 1 amide bonds. The van der Waals surface area contributed by atoms with Crippen LogP contribution in [0.3, 0.4) is 0 Å². The molecule has 7 nitrogen and oxygen atoms in total. The Balaban J connectivity index is 1.19. The topological polar surface area (TPSA) is 47.9 Å². The fourth-order valence-electron chi connectivity index (χ4n) is 5.10. The fraction of sp³-hybridized carbons (Fsp3) is 0.407. The maximum Gasteiger partial charge on any atom is 0.270 e. The van der Waals surface area contributed by atoms with Crippen molar-refractivity contribution in [3.63, 3.8) is 0 Å². The van der Waals surface area contributed by atoms with Gasteiger partial charge in [0.1, 0.15) is 11.5 Å². The lowest BCUT2D eigenvalue weighted by Crippen LogP contribution is -2.49. The summed E-state index contributed by atoms with van der Waals surface area (Å²) in [6, 6.07) is 13.7. The molecular weight excluding hydrogens is 495 g/mol. The third kappa shape index (κ3) is 5.19. The highest BCUT2D eigenvalue weighted by molar-refractivity contribution is 6.33. The lowest BCUT2D eigenvalue weighted by molar-refractivity contribution is 0.0737. The van der Waals surface area contributed by atoms with Gasteiger partial charge in [-0.2, -0.15) is 0 Å². The Morgan fingerprint density at radius 3 is 2.33 bits per heavy atom. The van der Waals surface area contributed by atoms with E-state index >= 15 is 0 Å². The average molecular weight is 528 g/mol. The second-order valence-corrected chi connectivity index (χ2v) is 10.4. The van der Waals surface area contributed by atoms with Crippen molar-refractivity contribution in [2.45, 2.75) is 13.5 Å². The smallest absolute Gasteiger partial charge is 0.270 e. The molecule has 0 atom stereocenters.